The Balaban J connectivity index is 1.24. The number of carbonyl (C=O) groups is 1. The van der Waals surface area contributed by atoms with Gasteiger partial charge < -0.3 is 5.32 Å². The lowest BCUT2D eigenvalue weighted by molar-refractivity contribution is -0.115. The van der Waals surface area contributed by atoms with Gasteiger partial charge in [0.2, 0.25) is 17.8 Å². The number of halogens is 2. The monoisotopic (exact) mass is 623 g/mol. The molecule has 0 atom stereocenters. The number of para-hydroxylation sites is 2. The standard InChI is InChI=1S/C29H27Cl2N7O3S/c1-42(40,41)17-19-6-9-22(10-7-19)34-28-33-13-12-23(35-28)16-32-18-38-26-5-3-2-4-25(26)36-29(38)37-27(39)15-20-14-21(30)8-11-24(20)31/h2-14,32H,15-18H2,1H3,(H,33,34,35)(H,36,37,39). The zero-order chi connectivity index (χ0) is 29.7. The van der Waals surface area contributed by atoms with E-state index >= 15 is 0 Å². The second-order valence-corrected chi connectivity index (χ2v) is 12.6. The first-order chi connectivity index (χ1) is 20.1. The number of imidazole rings is 1. The van der Waals surface area contributed by atoms with Gasteiger partial charge in [-0.15, -0.1) is 0 Å². The van der Waals surface area contributed by atoms with Gasteiger partial charge >= 0.3 is 0 Å². The third kappa shape index (κ3) is 7.83. The van der Waals surface area contributed by atoms with E-state index in [4.69, 9.17) is 23.2 Å². The van der Waals surface area contributed by atoms with E-state index in [0.29, 0.717) is 46.3 Å². The molecule has 3 aromatic carbocycles. The van der Waals surface area contributed by atoms with Crippen LogP contribution in [0.15, 0.2) is 79.0 Å². The molecule has 0 radical (unpaired) electrons. The molecule has 0 aliphatic carbocycles. The van der Waals surface area contributed by atoms with Crippen LogP contribution in [0.4, 0.5) is 17.6 Å². The Labute approximate surface area is 253 Å². The highest BCUT2D eigenvalue weighted by Crippen LogP contribution is 2.23. The highest BCUT2D eigenvalue weighted by atomic mass is 35.5. The third-order valence-corrected chi connectivity index (χ3v) is 7.65. The van der Waals surface area contributed by atoms with E-state index in [1.807, 2.05) is 28.8 Å². The van der Waals surface area contributed by atoms with Gasteiger partial charge in [0.15, 0.2) is 9.84 Å². The molecule has 0 bridgehead atoms. The summed E-state index contributed by atoms with van der Waals surface area (Å²) >= 11 is 12.3. The Kier molecular flexibility index (Phi) is 9.03. The van der Waals surface area contributed by atoms with Crippen LogP contribution >= 0.6 is 23.2 Å². The normalized spacial score (nSPS) is 11.5. The van der Waals surface area contributed by atoms with Gasteiger partial charge in [-0.2, -0.15) is 0 Å². The predicted octanol–water partition coefficient (Wildman–Crippen LogP) is 5.35. The number of hydrogen-bond donors (Lipinski definition) is 3. The molecule has 0 saturated heterocycles. The molecule has 216 valence electrons. The lowest BCUT2D eigenvalue weighted by Crippen LogP contribution is -2.23. The van der Waals surface area contributed by atoms with E-state index in [1.165, 1.54) is 6.26 Å². The highest BCUT2D eigenvalue weighted by molar-refractivity contribution is 7.89. The maximum Gasteiger partial charge on any atom is 0.231 e. The zero-order valence-electron chi connectivity index (χ0n) is 22.5. The number of rotatable bonds is 11. The summed E-state index contributed by atoms with van der Waals surface area (Å²) in [5.74, 6) is 0.521. The second kappa shape index (κ2) is 12.9. The summed E-state index contributed by atoms with van der Waals surface area (Å²) in [6, 6.07) is 21.5. The van der Waals surface area contributed by atoms with E-state index in [9.17, 15) is 13.2 Å². The minimum Gasteiger partial charge on any atom is -0.324 e. The fourth-order valence-corrected chi connectivity index (χ4v) is 5.50. The SMILES string of the molecule is CS(=O)(=O)Cc1ccc(Nc2nccc(CNCn3c(NC(=O)Cc4cc(Cl)ccc4Cl)nc4ccccc43)n2)cc1. The van der Waals surface area contributed by atoms with Gasteiger partial charge in [0, 0.05) is 34.7 Å². The molecular formula is C29H27Cl2N7O3S. The molecule has 0 unspecified atom stereocenters. The fourth-order valence-electron chi connectivity index (χ4n) is 4.32. The van der Waals surface area contributed by atoms with Crippen LogP contribution in [0.5, 0.6) is 0 Å². The molecule has 2 heterocycles. The van der Waals surface area contributed by atoms with E-state index in [-0.39, 0.29) is 18.1 Å². The van der Waals surface area contributed by atoms with Gasteiger partial charge in [0.25, 0.3) is 0 Å². The van der Waals surface area contributed by atoms with Gasteiger partial charge in [0.1, 0.15) is 0 Å². The van der Waals surface area contributed by atoms with Crippen LogP contribution in [0.3, 0.4) is 0 Å². The van der Waals surface area contributed by atoms with Crippen molar-refractivity contribution in [2.24, 2.45) is 0 Å². The number of sulfone groups is 1. The molecule has 13 heteroatoms. The van der Waals surface area contributed by atoms with Crippen molar-refractivity contribution in [3.05, 3.63) is 106 Å². The minimum absolute atomic E-state index is 0.0151. The van der Waals surface area contributed by atoms with Gasteiger partial charge in [-0.05, 0) is 59.7 Å². The molecule has 0 fully saturated rings. The largest absolute Gasteiger partial charge is 0.324 e. The molecule has 1 amide bonds. The molecule has 2 aromatic heterocycles. The summed E-state index contributed by atoms with van der Waals surface area (Å²) in [5, 5.41) is 10.4. The number of carbonyl (C=O) groups excluding carboxylic acids is 1. The van der Waals surface area contributed by atoms with Crippen LogP contribution in [0.2, 0.25) is 10.0 Å². The predicted molar refractivity (Wildman–Crippen MR) is 166 cm³/mol. The molecule has 10 nitrogen and oxygen atoms in total. The van der Waals surface area contributed by atoms with Crippen LogP contribution in [0, 0.1) is 0 Å². The number of anilines is 3. The number of amides is 1. The summed E-state index contributed by atoms with van der Waals surface area (Å²) in [7, 11) is -3.10. The number of aromatic nitrogens is 4. The maximum atomic E-state index is 12.9. The Morgan fingerprint density at radius 3 is 2.55 bits per heavy atom. The van der Waals surface area contributed by atoms with Crippen molar-refractivity contribution in [2.75, 3.05) is 16.9 Å². The van der Waals surface area contributed by atoms with Crippen molar-refractivity contribution >= 4 is 67.6 Å². The van der Waals surface area contributed by atoms with Crippen molar-refractivity contribution in [1.29, 1.82) is 0 Å². The molecular weight excluding hydrogens is 597 g/mol. The number of fused-ring (bicyclic) bond motifs is 1. The Bertz CT molecular complexity index is 1840. The molecule has 0 saturated carbocycles. The van der Waals surface area contributed by atoms with Crippen LogP contribution in [-0.4, -0.2) is 40.1 Å². The number of nitrogens with zero attached hydrogens (tertiary/aromatic N) is 4. The molecule has 0 spiro atoms. The van der Waals surface area contributed by atoms with E-state index < -0.39 is 9.84 Å². The Morgan fingerprint density at radius 1 is 0.976 bits per heavy atom. The summed E-state index contributed by atoms with van der Waals surface area (Å²) in [5.41, 5.74) is 4.41. The average molecular weight is 625 g/mol. The summed E-state index contributed by atoms with van der Waals surface area (Å²) < 4.78 is 24.9. The van der Waals surface area contributed by atoms with E-state index in [0.717, 1.165) is 22.4 Å². The molecule has 42 heavy (non-hydrogen) atoms. The van der Waals surface area contributed by atoms with Gasteiger partial charge in [0.05, 0.1) is 35.6 Å². The quantitative estimate of drug-likeness (QED) is 0.179. The van der Waals surface area contributed by atoms with Gasteiger partial charge in [-0.25, -0.2) is 23.4 Å². The van der Waals surface area contributed by atoms with E-state index in [1.54, 1.807) is 54.7 Å². The summed E-state index contributed by atoms with van der Waals surface area (Å²) in [4.78, 5) is 26.4. The van der Waals surface area contributed by atoms with Crippen LogP contribution < -0.4 is 16.0 Å². The summed E-state index contributed by atoms with van der Waals surface area (Å²) in [6.07, 6.45) is 2.91. The number of hydrogen-bond acceptors (Lipinski definition) is 8. The fraction of sp³-hybridized carbons (Fsp3) is 0.172. The van der Waals surface area contributed by atoms with Crippen molar-refractivity contribution in [3.8, 4) is 0 Å². The van der Waals surface area contributed by atoms with Crippen molar-refractivity contribution < 1.29 is 13.2 Å². The lowest BCUT2D eigenvalue weighted by Gasteiger charge is -2.12. The first-order valence-electron chi connectivity index (χ1n) is 12.9. The molecule has 5 aromatic rings. The van der Waals surface area contributed by atoms with Crippen molar-refractivity contribution in [3.63, 3.8) is 0 Å². The number of nitrogens with one attached hydrogen (secondary N) is 3. The zero-order valence-corrected chi connectivity index (χ0v) is 24.8. The Hall–Kier alpha value is -4.03. The Morgan fingerprint density at radius 2 is 1.76 bits per heavy atom. The first-order valence-corrected chi connectivity index (χ1v) is 15.7. The number of benzene rings is 3. The van der Waals surface area contributed by atoms with Crippen LogP contribution in [-0.2, 0) is 40.0 Å². The second-order valence-electron chi connectivity index (χ2n) is 9.66. The lowest BCUT2D eigenvalue weighted by atomic mass is 10.1. The van der Waals surface area contributed by atoms with Crippen molar-refractivity contribution in [1.82, 2.24) is 24.8 Å². The summed E-state index contributed by atoms with van der Waals surface area (Å²) in [6.45, 7) is 0.769. The van der Waals surface area contributed by atoms with Gasteiger partial charge in [-0.1, -0.05) is 47.5 Å². The molecule has 0 aliphatic heterocycles. The average Bonchev–Trinajstić information content (AvgIpc) is 3.28. The topological polar surface area (TPSA) is 131 Å². The van der Waals surface area contributed by atoms with Gasteiger partial charge in [-0.3, -0.25) is 20.0 Å². The van der Waals surface area contributed by atoms with Crippen LogP contribution in [0.25, 0.3) is 11.0 Å². The molecule has 5 rings (SSSR count). The third-order valence-electron chi connectivity index (χ3n) is 6.19. The highest BCUT2D eigenvalue weighted by Gasteiger charge is 2.15. The molecule has 3 N–H and O–H groups in total. The maximum absolute atomic E-state index is 12.9. The van der Waals surface area contributed by atoms with Crippen LogP contribution in [0.1, 0.15) is 16.8 Å². The molecule has 0 aliphatic rings. The van der Waals surface area contributed by atoms with Crippen molar-refractivity contribution in [2.45, 2.75) is 25.4 Å². The van der Waals surface area contributed by atoms with E-state index in [2.05, 4.69) is 30.9 Å². The first kappa shape index (κ1) is 29.5. The smallest absolute Gasteiger partial charge is 0.231 e. The minimum atomic E-state index is -3.10.